The third-order valence-electron chi connectivity index (χ3n) is 4.13. The first-order valence-corrected chi connectivity index (χ1v) is 8.75. The second kappa shape index (κ2) is 8.34. The van der Waals surface area contributed by atoms with Gasteiger partial charge in [-0.3, -0.25) is 0 Å². The number of anilines is 3. The first kappa shape index (κ1) is 17.7. The molecule has 0 atom stereocenters. The molecule has 26 heavy (non-hydrogen) atoms. The molecular formula is C21H24N4O. The molecule has 1 N–H and O–H groups in total. The van der Waals surface area contributed by atoms with E-state index in [2.05, 4.69) is 34.3 Å². The number of rotatable bonds is 7. The molecule has 0 saturated heterocycles. The summed E-state index contributed by atoms with van der Waals surface area (Å²) in [5.41, 5.74) is 3.10. The molecule has 0 fully saturated rings. The van der Waals surface area contributed by atoms with Crippen LogP contribution in [0, 0.1) is 6.92 Å². The van der Waals surface area contributed by atoms with Crippen molar-refractivity contribution in [2.24, 2.45) is 0 Å². The zero-order valence-electron chi connectivity index (χ0n) is 15.4. The van der Waals surface area contributed by atoms with Crippen molar-refractivity contribution in [3.63, 3.8) is 0 Å². The number of aryl methyl sites for hydroxylation is 1. The molecule has 0 aliphatic heterocycles. The van der Waals surface area contributed by atoms with Crippen LogP contribution in [0.4, 0.5) is 17.5 Å². The number of benzene rings is 2. The number of nitrogens with zero attached hydrogens (tertiary/aromatic N) is 3. The van der Waals surface area contributed by atoms with Crippen molar-refractivity contribution in [2.75, 3.05) is 23.9 Å². The maximum atomic E-state index is 5.41. The zero-order chi connectivity index (χ0) is 18.4. The number of ether oxygens (including phenoxy) is 1. The van der Waals surface area contributed by atoms with E-state index in [9.17, 15) is 0 Å². The highest BCUT2D eigenvalue weighted by atomic mass is 16.5. The minimum atomic E-state index is 0.602. The molecule has 0 amide bonds. The number of hydrogen-bond donors (Lipinski definition) is 1. The largest absolute Gasteiger partial charge is 0.496 e. The Morgan fingerprint density at radius 1 is 1.00 bits per heavy atom. The predicted octanol–water partition coefficient (Wildman–Crippen LogP) is 4.56. The van der Waals surface area contributed by atoms with Gasteiger partial charge in [-0.05, 0) is 32.0 Å². The molecule has 0 aliphatic rings. The Bertz CT molecular complexity index is 852. The Hall–Kier alpha value is -3.08. The molecule has 5 nitrogen and oxygen atoms in total. The number of para-hydroxylation sites is 2. The molecule has 1 aromatic heterocycles. The molecule has 134 valence electrons. The molecule has 0 saturated carbocycles. The van der Waals surface area contributed by atoms with E-state index in [-0.39, 0.29) is 0 Å². The lowest BCUT2D eigenvalue weighted by molar-refractivity contribution is 0.410. The van der Waals surface area contributed by atoms with Crippen molar-refractivity contribution in [3.8, 4) is 5.75 Å². The fraction of sp³-hybridized carbons (Fsp3) is 0.238. The first-order valence-electron chi connectivity index (χ1n) is 8.75. The molecule has 0 unspecified atom stereocenters. The highest BCUT2D eigenvalue weighted by Crippen LogP contribution is 2.25. The summed E-state index contributed by atoms with van der Waals surface area (Å²) < 4.78 is 5.41. The number of nitrogens with one attached hydrogen (secondary N) is 1. The lowest BCUT2D eigenvalue weighted by atomic mass is 10.2. The van der Waals surface area contributed by atoms with Crippen LogP contribution in [0.3, 0.4) is 0 Å². The fourth-order valence-corrected chi connectivity index (χ4v) is 2.88. The van der Waals surface area contributed by atoms with Gasteiger partial charge >= 0.3 is 0 Å². The molecule has 0 aliphatic carbocycles. The van der Waals surface area contributed by atoms with Gasteiger partial charge in [0.2, 0.25) is 5.95 Å². The third-order valence-corrected chi connectivity index (χ3v) is 4.13. The van der Waals surface area contributed by atoms with E-state index in [1.807, 2.05) is 55.5 Å². The maximum absolute atomic E-state index is 5.41. The van der Waals surface area contributed by atoms with Crippen molar-refractivity contribution >= 4 is 17.5 Å². The van der Waals surface area contributed by atoms with Crippen LogP contribution in [0.15, 0.2) is 60.7 Å². The van der Waals surface area contributed by atoms with Crippen LogP contribution < -0.4 is 15.0 Å². The van der Waals surface area contributed by atoms with Crippen LogP contribution in [0.2, 0.25) is 0 Å². The fourth-order valence-electron chi connectivity index (χ4n) is 2.88. The van der Waals surface area contributed by atoms with E-state index in [4.69, 9.17) is 9.72 Å². The summed E-state index contributed by atoms with van der Waals surface area (Å²) in [6, 6.07) is 20.2. The van der Waals surface area contributed by atoms with Crippen molar-refractivity contribution in [2.45, 2.75) is 20.4 Å². The topological polar surface area (TPSA) is 50.3 Å². The highest BCUT2D eigenvalue weighted by molar-refractivity contribution is 5.61. The van der Waals surface area contributed by atoms with Gasteiger partial charge in [0.15, 0.2) is 0 Å². The van der Waals surface area contributed by atoms with E-state index >= 15 is 0 Å². The second-order valence-electron chi connectivity index (χ2n) is 5.94. The van der Waals surface area contributed by atoms with Gasteiger partial charge in [0.05, 0.1) is 7.11 Å². The van der Waals surface area contributed by atoms with E-state index in [1.165, 1.54) is 0 Å². The Labute approximate surface area is 154 Å². The van der Waals surface area contributed by atoms with Gasteiger partial charge < -0.3 is 15.0 Å². The van der Waals surface area contributed by atoms with E-state index in [0.717, 1.165) is 35.1 Å². The average molecular weight is 348 g/mol. The second-order valence-corrected chi connectivity index (χ2v) is 5.94. The summed E-state index contributed by atoms with van der Waals surface area (Å²) in [6.07, 6.45) is 0. The van der Waals surface area contributed by atoms with Gasteiger partial charge in [-0.2, -0.15) is 4.98 Å². The number of hydrogen-bond acceptors (Lipinski definition) is 5. The highest BCUT2D eigenvalue weighted by Gasteiger charge is 2.11. The SMILES string of the molecule is CCN(c1ccccc1)c1cc(C)nc(NCc2ccccc2OC)n1. The zero-order valence-corrected chi connectivity index (χ0v) is 15.4. The van der Waals surface area contributed by atoms with Crippen LogP contribution >= 0.6 is 0 Å². The quantitative estimate of drug-likeness (QED) is 0.678. The number of aromatic nitrogens is 2. The van der Waals surface area contributed by atoms with E-state index in [0.29, 0.717) is 12.5 Å². The van der Waals surface area contributed by atoms with Gasteiger partial charge in [-0.1, -0.05) is 36.4 Å². The van der Waals surface area contributed by atoms with Crippen molar-refractivity contribution in [1.29, 1.82) is 0 Å². The van der Waals surface area contributed by atoms with Crippen molar-refractivity contribution in [3.05, 3.63) is 71.9 Å². The van der Waals surface area contributed by atoms with Crippen LogP contribution in [0.25, 0.3) is 0 Å². The normalized spacial score (nSPS) is 10.4. The third kappa shape index (κ3) is 4.11. The summed E-state index contributed by atoms with van der Waals surface area (Å²) in [5.74, 6) is 2.35. The molecule has 0 bridgehead atoms. The summed E-state index contributed by atoms with van der Waals surface area (Å²) in [7, 11) is 1.68. The van der Waals surface area contributed by atoms with Crippen molar-refractivity contribution in [1.82, 2.24) is 9.97 Å². The maximum Gasteiger partial charge on any atom is 0.225 e. The average Bonchev–Trinajstić information content (AvgIpc) is 2.68. The standard InChI is InChI=1S/C21H24N4O/c1-4-25(18-11-6-5-7-12-18)20-14-16(2)23-21(24-20)22-15-17-10-8-9-13-19(17)26-3/h5-14H,4,15H2,1-3H3,(H,22,23,24). The Morgan fingerprint density at radius 2 is 1.73 bits per heavy atom. The van der Waals surface area contributed by atoms with Crippen molar-refractivity contribution < 1.29 is 4.74 Å². The van der Waals surface area contributed by atoms with Crippen LogP contribution in [-0.2, 0) is 6.54 Å². The smallest absolute Gasteiger partial charge is 0.225 e. The van der Waals surface area contributed by atoms with Gasteiger partial charge in [0, 0.05) is 36.1 Å². The lowest BCUT2D eigenvalue weighted by Crippen LogP contribution is -2.18. The minimum absolute atomic E-state index is 0.602. The summed E-state index contributed by atoms with van der Waals surface area (Å²) >= 11 is 0. The van der Waals surface area contributed by atoms with Gasteiger partial charge in [-0.25, -0.2) is 4.98 Å². The first-order chi connectivity index (χ1) is 12.7. The summed E-state index contributed by atoms with van der Waals surface area (Å²) in [6.45, 7) is 5.53. The van der Waals surface area contributed by atoms with Crippen LogP contribution in [-0.4, -0.2) is 23.6 Å². The molecular weight excluding hydrogens is 324 g/mol. The molecule has 3 rings (SSSR count). The molecule has 0 radical (unpaired) electrons. The minimum Gasteiger partial charge on any atom is -0.496 e. The number of methoxy groups -OCH3 is 1. The Balaban J connectivity index is 1.83. The molecule has 5 heteroatoms. The predicted molar refractivity (Wildman–Crippen MR) is 106 cm³/mol. The molecule has 0 spiro atoms. The summed E-state index contributed by atoms with van der Waals surface area (Å²) in [4.78, 5) is 11.4. The van der Waals surface area contributed by atoms with Crippen LogP contribution in [0.1, 0.15) is 18.2 Å². The Kier molecular flexibility index (Phi) is 5.69. The van der Waals surface area contributed by atoms with Gasteiger partial charge in [0.25, 0.3) is 0 Å². The lowest BCUT2D eigenvalue weighted by Gasteiger charge is -2.23. The molecule has 2 aromatic carbocycles. The van der Waals surface area contributed by atoms with Crippen LogP contribution in [0.5, 0.6) is 5.75 Å². The Morgan fingerprint density at radius 3 is 2.46 bits per heavy atom. The monoisotopic (exact) mass is 348 g/mol. The molecule has 1 heterocycles. The van der Waals surface area contributed by atoms with Gasteiger partial charge in [0.1, 0.15) is 11.6 Å². The van der Waals surface area contributed by atoms with E-state index < -0.39 is 0 Å². The van der Waals surface area contributed by atoms with Gasteiger partial charge in [-0.15, -0.1) is 0 Å². The molecule has 3 aromatic rings. The van der Waals surface area contributed by atoms with E-state index in [1.54, 1.807) is 7.11 Å². The summed E-state index contributed by atoms with van der Waals surface area (Å²) in [5, 5.41) is 3.32.